The van der Waals surface area contributed by atoms with Gasteiger partial charge in [-0.25, -0.2) is 9.97 Å². The van der Waals surface area contributed by atoms with Crippen molar-refractivity contribution in [2.45, 2.75) is 6.92 Å². The van der Waals surface area contributed by atoms with Crippen molar-refractivity contribution < 1.29 is 9.59 Å². The van der Waals surface area contributed by atoms with Gasteiger partial charge in [0.2, 0.25) is 5.91 Å². The molecule has 4 N–H and O–H groups in total. The van der Waals surface area contributed by atoms with Gasteiger partial charge in [0, 0.05) is 44.4 Å². The van der Waals surface area contributed by atoms with Crippen LogP contribution in [0.25, 0.3) is 0 Å². The molecule has 0 radical (unpaired) electrons. The van der Waals surface area contributed by atoms with Crippen LogP contribution in [0.15, 0.2) is 36.7 Å². The lowest BCUT2D eigenvalue weighted by atomic mass is 10.2. The average molecular weight is 328 g/mol. The van der Waals surface area contributed by atoms with Gasteiger partial charge < -0.3 is 21.3 Å². The van der Waals surface area contributed by atoms with Crippen LogP contribution in [0.1, 0.15) is 17.3 Å². The quantitative estimate of drug-likeness (QED) is 0.571. The molecule has 8 nitrogen and oxygen atoms in total. The Balaban J connectivity index is 1.77. The molecule has 1 aromatic carbocycles. The number of nitrogens with one attached hydrogen (secondary N) is 4. The van der Waals surface area contributed by atoms with E-state index in [1.807, 2.05) is 0 Å². The Kier molecular flexibility index (Phi) is 6.07. The van der Waals surface area contributed by atoms with E-state index >= 15 is 0 Å². The summed E-state index contributed by atoms with van der Waals surface area (Å²) in [5.41, 5.74) is 1.19. The summed E-state index contributed by atoms with van der Waals surface area (Å²) >= 11 is 0. The number of nitrogens with zero attached hydrogens (tertiary/aromatic N) is 2. The molecule has 1 heterocycles. The molecule has 0 spiro atoms. The van der Waals surface area contributed by atoms with Gasteiger partial charge in [-0.15, -0.1) is 0 Å². The van der Waals surface area contributed by atoms with Crippen molar-refractivity contribution in [3.63, 3.8) is 0 Å². The first-order chi connectivity index (χ1) is 11.6. The van der Waals surface area contributed by atoms with Gasteiger partial charge >= 0.3 is 0 Å². The molecule has 24 heavy (non-hydrogen) atoms. The Morgan fingerprint density at radius 3 is 2.42 bits per heavy atom. The molecule has 126 valence electrons. The Bertz CT molecular complexity index is 702. The lowest BCUT2D eigenvalue weighted by Crippen LogP contribution is -2.28. The third kappa shape index (κ3) is 5.24. The van der Waals surface area contributed by atoms with E-state index in [0.29, 0.717) is 30.2 Å². The van der Waals surface area contributed by atoms with E-state index in [-0.39, 0.29) is 11.8 Å². The summed E-state index contributed by atoms with van der Waals surface area (Å²) in [5.74, 6) is 1.08. The van der Waals surface area contributed by atoms with Gasteiger partial charge in [0.25, 0.3) is 5.91 Å². The number of carbonyl (C=O) groups excluding carboxylic acids is 2. The van der Waals surface area contributed by atoms with Crippen LogP contribution in [0.3, 0.4) is 0 Å². The minimum Gasteiger partial charge on any atom is -0.373 e. The van der Waals surface area contributed by atoms with Crippen LogP contribution in [-0.2, 0) is 4.79 Å². The number of carbonyl (C=O) groups is 2. The molecule has 2 rings (SSSR count). The van der Waals surface area contributed by atoms with E-state index in [4.69, 9.17) is 0 Å². The van der Waals surface area contributed by atoms with Crippen LogP contribution in [0, 0.1) is 0 Å². The van der Waals surface area contributed by atoms with Gasteiger partial charge in [-0.05, 0) is 24.3 Å². The number of anilines is 3. The van der Waals surface area contributed by atoms with Gasteiger partial charge in [0.1, 0.15) is 18.0 Å². The molecule has 2 amide bonds. The van der Waals surface area contributed by atoms with Crippen molar-refractivity contribution >= 4 is 29.1 Å². The molecule has 2 aromatic rings. The second-order valence-corrected chi connectivity index (χ2v) is 4.98. The zero-order chi connectivity index (χ0) is 17.4. The van der Waals surface area contributed by atoms with Gasteiger partial charge in [-0.2, -0.15) is 0 Å². The summed E-state index contributed by atoms with van der Waals surface area (Å²) in [6.07, 6.45) is 1.46. The van der Waals surface area contributed by atoms with E-state index in [2.05, 4.69) is 31.2 Å². The Labute approximate surface area is 140 Å². The van der Waals surface area contributed by atoms with Crippen molar-refractivity contribution in [1.82, 2.24) is 15.3 Å². The zero-order valence-electron chi connectivity index (χ0n) is 13.6. The van der Waals surface area contributed by atoms with Crippen molar-refractivity contribution in [3.8, 4) is 0 Å². The molecule has 8 heteroatoms. The highest BCUT2D eigenvalue weighted by atomic mass is 16.2. The summed E-state index contributed by atoms with van der Waals surface area (Å²) in [5, 5.41) is 11.5. The van der Waals surface area contributed by atoms with Crippen LogP contribution >= 0.6 is 0 Å². The molecular weight excluding hydrogens is 308 g/mol. The number of hydrogen-bond donors (Lipinski definition) is 4. The normalized spacial score (nSPS) is 9.92. The Morgan fingerprint density at radius 1 is 1.04 bits per heavy atom. The second kappa shape index (κ2) is 8.47. The molecule has 0 saturated carbocycles. The molecule has 0 aliphatic carbocycles. The van der Waals surface area contributed by atoms with E-state index < -0.39 is 0 Å². The van der Waals surface area contributed by atoms with Crippen LogP contribution in [0.4, 0.5) is 17.3 Å². The maximum absolute atomic E-state index is 12.0. The maximum atomic E-state index is 12.0. The van der Waals surface area contributed by atoms with Gasteiger partial charge in [0.15, 0.2) is 0 Å². The van der Waals surface area contributed by atoms with E-state index in [0.717, 1.165) is 5.82 Å². The summed E-state index contributed by atoms with van der Waals surface area (Å²) in [6.45, 7) is 2.42. The van der Waals surface area contributed by atoms with Crippen molar-refractivity contribution in [2.24, 2.45) is 0 Å². The Hall–Kier alpha value is -3.16. The molecule has 0 aliphatic rings. The highest BCUT2D eigenvalue weighted by Gasteiger charge is 2.05. The summed E-state index contributed by atoms with van der Waals surface area (Å²) in [4.78, 5) is 31.1. The highest BCUT2D eigenvalue weighted by molar-refractivity contribution is 5.95. The van der Waals surface area contributed by atoms with Gasteiger partial charge in [-0.1, -0.05) is 0 Å². The summed E-state index contributed by atoms with van der Waals surface area (Å²) in [7, 11) is 1.78. The van der Waals surface area contributed by atoms with E-state index in [9.17, 15) is 9.59 Å². The topological polar surface area (TPSA) is 108 Å². The molecule has 0 aliphatic heterocycles. The van der Waals surface area contributed by atoms with Crippen LogP contribution in [0.2, 0.25) is 0 Å². The highest BCUT2D eigenvalue weighted by Crippen LogP contribution is 2.09. The van der Waals surface area contributed by atoms with Crippen molar-refractivity contribution in [1.29, 1.82) is 0 Å². The van der Waals surface area contributed by atoms with Crippen LogP contribution in [0.5, 0.6) is 0 Å². The smallest absolute Gasteiger partial charge is 0.251 e. The van der Waals surface area contributed by atoms with E-state index in [1.165, 1.54) is 13.3 Å². The standard InChI is InChI=1S/C16H20N6O2/c1-11(23)22-13-5-3-12(4-6-13)16(24)19-8-7-18-15-9-14(17-2)20-10-21-15/h3-6,9-10H,7-8H2,1-2H3,(H,19,24)(H,22,23)(H2,17,18,20,21). The monoisotopic (exact) mass is 328 g/mol. The lowest BCUT2D eigenvalue weighted by molar-refractivity contribution is -0.114. The lowest BCUT2D eigenvalue weighted by Gasteiger charge is -2.09. The first kappa shape index (κ1) is 17.2. The zero-order valence-corrected chi connectivity index (χ0v) is 13.6. The third-order valence-corrected chi connectivity index (χ3v) is 3.11. The first-order valence-electron chi connectivity index (χ1n) is 7.48. The number of aromatic nitrogens is 2. The van der Waals surface area contributed by atoms with Gasteiger partial charge in [-0.3, -0.25) is 9.59 Å². The minimum atomic E-state index is -0.176. The predicted octanol–water partition coefficient (Wildman–Crippen LogP) is 1.32. The first-order valence-corrected chi connectivity index (χ1v) is 7.48. The summed E-state index contributed by atoms with van der Waals surface area (Å²) in [6, 6.07) is 8.49. The molecule has 0 bridgehead atoms. The fourth-order valence-electron chi connectivity index (χ4n) is 1.97. The molecule has 1 aromatic heterocycles. The van der Waals surface area contributed by atoms with E-state index in [1.54, 1.807) is 37.4 Å². The molecule has 0 saturated heterocycles. The maximum Gasteiger partial charge on any atom is 0.251 e. The molecular formula is C16H20N6O2. The summed E-state index contributed by atoms with van der Waals surface area (Å²) < 4.78 is 0. The largest absolute Gasteiger partial charge is 0.373 e. The third-order valence-electron chi connectivity index (χ3n) is 3.11. The van der Waals surface area contributed by atoms with Crippen molar-refractivity contribution in [2.75, 3.05) is 36.1 Å². The predicted molar refractivity (Wildman–Crippen MR) is 93.1 cm³/mol. The number of rotatable bonds is 7. The number of benzene rings is 1. The average Bonchev–Trinajstić information content (AvgIpc) is 2.59. The van der Waals surface area contributed by atoms with Crippen LogP contribution < -0.4 is 21.3 Å². The van der Waals surface area contributed by atoms with Crippen LogP contribution in [-0.4, -0.2) is 41.9 Å². The molecule has 0 fully saturated rings. The van der Waals surface area contributed by atoms with Gasteiger partial charge in [0.05, 0.1) is 0 Å². The fourth-order valence-corrected chi connectivity index (χ4v) is 1.97. The molecule has 0 unspecified atom stereocenters. The fraction of sp³-hybridized carbons (Fsp3) is 0.250. The Morgan fingerprint density at radius 2 is 1.75 bits per heavy atom. The number of amides is 2. The molecule has 0 atom stereocenters. The minimum absolute atomic E-state index is 0.149. The second-order valence-electron chi connectivity index (χ2n) is 4.98. The van der Waals surface area contributed by atoms with Crippen molar-refractivity contribution in [3.05, 3.63) is 42.2 Å². The SMILES string of the molecule is CNc1cc(NCCNC(=O)c2ccc(NC(C)=O)cc2)ncn1. The number of hydrogen-bond acceptors (Lipinski definition) is 6.